The lowest BCUT2D eigenvalue weighted by atomic mass is 9.91. The number of ether oxygens (including phenoxy) is 2. The van der Waals surface area contributed by atoms with Gasteiger partial charge in [0.2, 0.25) is 5.79 Å². The van der Waals surface area contributed by atoms with Crippen LogP contribution in [0.2, 0.25) is 0 Å². The van der Waals surface area contributed by atoms with E-state index in [-0.39, 0.29) is 5.57 Å². The monoisotopic (exact) mass is 316 g/mol. The molecule has 3 rings (SSSR count). The van der Waals surface area contributed by atoms with Crippen LogP contribution < -0.4 is 0 Å². The van der Waals surface area contributed by atoms with Gasteiger partial charge in [0.05, 0.1) is 11.1 Å². The SMILES string of the molecule is COC1(C)OC(=O)C(c2c(F)cccc2F)=C1c1ccccc1. The highest BCUT2D eigenvalue weighted by Gasteiger charge is 2.46. The number of cyclic esters (lactones) is 1. The Morgan fingerprint density at radius 1 is 1.00 bits per heavy atom. The van der Waals surface area contributed by atoms with E-state index >= 15 is 0 Å². The predicted molar refractivity (Wildman–Crippen MR) is 81.1 cm³/mol. The minimum absolute atomic E-state index is 0.156. The summed E-state index contributed by atoms with van der Waals surface area (Å²) < 4.78 is 39.0. The number of rotatable bonds is 3. The normalized spacial score (nSPS) is 20.8. The molecule has 1 aliphatic rings. The number of carbonyl (C=O) groups excluding carboxylic acids is 1. The molecule has 0 radical (unpaired) electrons. The van der Waals surface area contributed by atoms with Crippen molar-refractivity contribution in [2.24, 2.45) is 0 Å². The van der Waals surface area contributed by atoms with Gasteiger partial charge in [0.25, 0.3) is 0 Å². The molecule has 2 aromatic rings. The number of benzene rings is 2. The largest absolute Gasteiger partial charge is 0.425 e. The van der Waals surface area contributed by atoms with Crippen LogP contribution in [0.5, 0.6) is 0 Å². The summed E-state index contributed by atoms with van der Waals surface area (Å²) in [6.45, 7) is 1.54. The Hall–Kier alpha value is -2.53. The maximum atomic E-state index is 14.2. The predicted octanol–water partition coefficient (Wildman–Crippen LogP) is 3.80. The zero-order chi connectivity index (χ0) is 16.6. The van der Waals surface area contributed by atoms with Crippen molar-refractivity contribution in [1.82, 2.24) is 0 Å². The Morgan fingerprint density at radius 3 is 2.17 bits per heavy atom. The van der Waals surface area contributed by atoms with Crippen LogP contribution in [-0.2, 0) is 14.3 Å². The van der Waals surface area contributed by atoms with E-state index in [0.29, 0.717) is 11.1 Å². The average Bonchev–Trinajstić information content (AvgIpc) is 2.80. The zero-order valence-electron chi connectivity index (χ0n) is 12.6. The molecule has 0 amide bonds. The topological polar surface area (TPSA) is 35.5 Å². The van der Waals surface area contributed by atoms with Crippen LogP contribution in [0.4, 0.5) is 8.78 Å². The zero-order valence-corrected chi connectivity index (χ0v) is 12.6. The van der Waals surface area contributed by atoms with E-state index in [1.54, 1.807) is 37.3 Å². The first-order valence-corrected chi connectivity index (χ1v) is 7.01. The number of hydrogen-bond donors (Lipinski definition) is 0. The van der Waals surface area contributed by atoms with Gasteiger partial charge in [-0.05, 0) is 17.7 Å². The molecule has 118 valence electrons. The highest BCUT2D eigenvalue weighted by molar-refractivity contribution is 6.28. The van der Waals surface area contributed by atoms with Crippen LogP contribution in [0.1, 0.15) is 18.1 Å². The summed E-state index contributed by atoms with van der Waals surface area (Å²) in [7, 11) is 1.37. The molecule has 1 aliphatic heterocycles. The first-order chi connectivity index (χ1) is 11.0. The second-order valence-electron chi connectivity index (χ2n) is 5.25. The lowest BCUT2D eigenvalue weighted by Crippen LogP contribution is -2.29. The molecule has 0 bridgehead atoms. The van der Waals surface area contributed by atoms with E-state index in [2.05, 4.69) is 0 Å². The smallest absolute Gasteiger partial charge is 0.342 e. The summed E-state index contributed by atoms with van der Waals surface area (Å²) in [5.41, 5.74) is 0.336. The summed E-state index contributed by atoms with van der Waals surface area (Å²) in [4.78, 5) is 12.3. The Labute approximate surface area is 132 Å². The van der Waals surface area contributed by atoms with E-state index in [0.717, 1.165) is 12.1 Å². The summed E-state index contributed by atoms with van der Waals surface area (Å²) in [5.74, 6) is -3.89. The van der Waals surface area contributed by atoms with Crippen LogP contribution in [0, 0.1) is 11.6 Å². The van der Waals surface area contributed by atoms with E-state index in [1.165, 1.54) is 13.2 Å². The number of methoxy groups -OCH3 is 1. The lowest BCUT2D eigenvalue weighted by molar-refractivity contribution is -0.178. The van der Waals surface area contributed by atoms with Crippen LogP contribution >= 0.6 is 0 Å². The fourth-order valence-corrected chi connectivity index (χ4v) is 2.73. The maximum Gasteiger partial charge on any atom is 0.342 e. The molecular weight excluding hydrogens is 302 g/mol. The number of esters is 1. The first-order valence-electron chi connectivity index (χ1n) is 7.01. The average molecular weight is 316 g/mol. The molecule has 1 unspecified atom stereocenters. The summed E-state index contributed by atoms with van der Waals surface area (Å²) in [6.07, 6.45) is 0. The Bertz CT molecular complexity index is 779. The van der Waals surface area contributed by atoms with Gasteiger partial charge in [0, 0.05) is 19.6 Å². The lowest BCUT2D eigenvalue weighted by Gasteiger charge is -2.24. The van der Waals surface area contributed by atoms with Crippen molar-refractivity contribution < 1.29 is 23.0 Å². The van der Waals surface area contributed by atoms with Crippen LogP contribution in [-0.4, -0.2) is 18.9 Å². The fraction of sp³-hybridized carbons (Fsp3) is 0.167. The molecule has 0 N–H and O–H groups in total. The molecule has 2 aromatic carbocycles. The van der Waals surface area contributed by atoms with Crippen LogP contribution in [0.15, 0.2) is 48.5 Å². The van der Waals surface area contributed by atoms with Crippen molar-refractivity contribution in [3.8, 4) is 0 Å². The Balaban J connectivity index is 2.36. The molecule has 5 heteroatoms. The van der Waals surface area contributed by atoms with Crippen molar-refractivity contribution in [3.63, 3.8) is 0 Å². The molecule has 0 spiro atoms. The number of carbonyl (C=O) groups is 1. The van der Waals surface area contributed by atoms with Crippen molar-refractivity contribution in [1.29, 1.82) is 0 Å². The standard InChI is InChI=1S/C18H14F2O3/c1-18(22-2)16(11-7-4-3-5-8-11)15(17(21)23-18)14-12(19)9-6-10-13(14)20/h3-10H,1-2H3. The van der Waals surface area contributed by atoms with Crippen molar-refractivity contribution in [3.05, 3.63) is 71.3 Å². The van der Waals surface area contributed by atoms with Gasteiger partial charge in [-0.25, -0.2) is 13.6 Å². The van der Waals surface area contributed by atoms with Crippen LogP contribution in [0.25, 0.3) is 11.1 Å². The van der Waals surface area contributed by atoms with Gasteiger partial charge in [-0.2, -0.15) is 0 Å². The minimum Gasteiger partial charge on any atom is -0.425 e. The fourth-order valence-electron chi connectivity index (χ4n) is 2.73. The van der Waals surface area contributed by atoms with Gasteiger partial charge in [-0.3, -0.25) is 0 Å². The Morgan fingerprint density at radius 2 is 1.61 bits per heavy atom. The van der Waals surface area contributed by atoms with Crippen molar-refractivity contribution in [2.45, 2.75) is 12.7 Å². The molecule has 0 aromatic heterocycles. The number of halogens is 2. The van der Waals surface area contributed by atoms with E-state index in [4.69, 9.17) is 9.47 Å². The molecule has 1 heterocycles. The van der Waals surface area contributed by atoms with Crippen molar-refractivity contribution >= 4 is 17.1 Å². The van der Waals surface area contributed by atoms with Gasteiger partial charge in [0.1, 0.15) is 11.6 Å². The third-order valence-corrected chi connectivity index (χ3v) is 3.86. The summed E-state index contributed by atoms with van der Waals surface area (Å²) >= 11 is 0. The quantitative estimate of drug-likeness (QED) is 0.808. The van der Waals surface area contributed by atoms with Gasteiger partial charge in [-0.1, -0.05) is 36.4 Å². The molecule has 0 saturated carbocycles. The Kier molecular flexibility index (Phi) is 3.74. The molecule has 1 atom stereocenters. The second kappa shape index (κ2) is 5.59. The highest BCUT2D eigenvalue weighted by Crippen LogP contribution is 2.45. The van der Waals surface area contributed by atoms with E-state index in [9.17, 15) is 13.6 Å². The van der Waals surface area contributed by atoms with Crippen LogP contribution in [0.3, 0.4) is 0 Å². The summed E-state index contributed by atoms with van der Waals surface area (Å²) in [5, 5.41) is 0. The van der Waals surface area contributed by atoms with Gasteiger partial charge in [-0.15, -0.1) is 0 Å². The minimum atomic E-state index is -1.41. The third-order valence-electron chi connectivity index (χ3n) is 3.86. The van der Waals surface area contributed by atoms with Gasteiger partial charge in [0.15, 0.2) is 0 Å². The summed E-state index contributed by atoms with van der Waals surface area (Å²) in [6, 6.07) is 12.2. The molecule has 3 nitrogen and oxygen atoms in total. The van der Waals surface area contributed by atoms with Crippen molar-refractivity contribution in [2.75, 3.05) is 7.11 Å². The molecule has 23 heavy (non-hydrogen) atoms. The second-order valence-corrected chi connectivity index (χ2v) is 5.25. The molecule has 0 fully saturated rings. The maximum absolute atomic E-state index is 14.2. The number of hydrogen-bond acceptors (Lipinski definition) is 3. The molecule has 0 aliphatic carbocycles. The molecular formula is C18H14F2O3. The van der Waals surface area contributed by atoms with Gasteiger partial charge < -0.3 is 9.47 Å². The van der Waals surface area contributed by atoms with E-state index in [1.807, 2.05) is 0 Å². The highest BCUT2D eigenvalue weighted by atomic mass is 19.1. The first kappa shape index (κ1) is 15.4. The third kappa shape index (κ3) is 2.43. The van der Waals surface area contributed by atoms with E-state index < -0.39 is 29.0 Å². The molecule has 0 saturated heterocycles. The van der Waals surface area contributed by atoms with Gasteiger partial charge >= 0.3 is 5.97 Å².